The van der Waals surface area contributed by atoms with Crippen LogP contribution in [0.3, 0.4) is 0 Å². The number of hydrogen-bond donors (Lipinski definition) is 1. The SMILES string of the molecule is CCC1(C)CN(CC(F)F)CCCN1. The molecule has 0 aromatic carbocycles. The minimum Gasteiger partial charge on any atom is -0.310 e. The second-order valence-corrected chi connectivity index (χ2v) is 4.32. The maximum Gasteiger partial charge on any atom is 0.251 e. The van der Waals surface area contributed by atoms with Crippen LogP contribution in [0.4, 0.5) is 8.78 Å². The van der Waals surface area contributed by atoms with Crippen molar-refractivity contribution in [1.29, 1.82) is 0 Å². The van der Waals surface area contributed by atoms with E-state index in [1.807, 2.05) is 4.90 Å². The number of rotatable bonds is 3. The lowest BCUT2D eigenvalue weighted by atomic mass is 9.99. The molecule has 1 heterocycles. The van der Waals surface area contributed by atoms with Crippen molar-refractivity contribution in [3.05, 3.63) is 0 Å². The molecule has 14 heavy (non-hydrogen) atoms. The Morgan fingerprint density at radius 1 is 1.50 bits per heavy atom. The Bertz CT molecular complexity index is 176. The summed E-state index contributed by atoms with van der Waals surface area (Å²) in [6, 6.07) is 0. The predicted molar refractivity (Wildman–Crippen MR) is 53.8 cm³/mol. The fourth-order valence-electron chi connectivity index (χ4n) is 1.91. The molecule has 1 aliphatic rings. The van der Waals surface area contributed by atoms with Gasteiger partial charge in [-0.05, 0) is 32.9 Å². The zero-order valence-electron chi connectivity index (χ0n) is 9.02. The van der Waals surface area contributed by atoms with Crippen LogP contribution >= 0.6 is 0 Å². The van der Waals surface area contributed by atoms with E-state index in [4.69, 9.17) is 0 Å². The van der Waals surface area contributed by atoms with E-state index < -0.39 is 6.43 Å². The van der Waals surface area contributed by atoms with Gasteiger partial charge in [0.2, 0.25) is 0 Å². The van der Waals surface area contributed by atoms with Crippen LogP contribution in [0.1, 0.15) is 26.7 Å². The lowest BCUT2D eigenvalue weighted by molar-refractivity contribution is 0.0794. The molecule has 1 N–H and O–H groups in total. The van der Waals surface area contributed by atoms with Crippen molar-refractivity contribution in [2.45, 2.75) is 38.7 Å². The first-order valence-electron chi connectivity index (χ1n) is 5.31. The van der Waals surface area contributed by atoms with Gasteiger partial charge in [0.05, 0.1) is 6.54 Å². The summed E-state index contributed by atoms with van der Waals surface area (Å²) in [5, 5.41) is 3.42. The summed E-state index contributed by atoms with van der Waals surface area (Å²) in [6.07, 6.45) is -0.274. The van der Waals surface area contributed by atoms with Crippen molar-refractivity contribution in [3.63, 3.8) is 0 Å². The summed E-state index contributed by atoms with van der Waals surface area (Å²) in [5.41, 5.74) is 0.00535. The predicted octanol–water partition coefficient (Wildman–Crippen LogP) is 1.72. The van der Waals surface area contributed by atoms with Gasteiger partial charge in [-0.15, -0.1) is 0 Å². The molecule has 1 unspecified atom stereocenters. The third kappa shape index (κ3) is 3.50. The first-order valence-corrected chi connectivity index (χ1v) is 5.31. The number of nitrogens with one attached hydrogen (secondary N) is 1. The van der Waals surface area contributed by atoms with Crippen LogP contribution in [0.25, 0.3) is 0 Å². The standard InChI is InChI=1S/C10H20F2N2/c1-3-10(2)8-14(7-9(11)12)6-4-5-13-10/h9,13H,3-8H2,1-2H3. The van der Waals surface area contributed by atoms with E-state index in [1.54, 1.807) is 0 Å². The largest absolute Gasteiger partial charge is 0.310 e. The van der Waals surface area contributed by atoms with E-state index >= 15 is 0 Å². The highest BCUT2D eigenvalue weighted by atomic mass is 19.3. The molecule has 1 aliphatic heterocycles. The van der Waals surface area contributed by atoms with Gasteiger partial charge in [0.25, 0.3) is 6.43 Å². The Labute approximate surface area is 84.7 Å². The summed E-state index contributed by atoms with van der Waals surface area (Å²) >= 11 is 0. The van der Waals surface area contributed by atoms with Crippen LogP contribution in [0.2, 0.25) is 0 Å². The number of nitrogens with zero attached hydrogens (tertiary/aromatic N) is 1. The van der Waals surface area contributed by atoms with E-state index in [0.29, 0.717) is 0 Å². The van der Waals surface area contributed by atoms with Crippen LogP contribution in [-0.4, -0.2) is 43.0 Å². The van der Waals surface area contributed by atoms with Crippen molar-refractivity contribution < 1.29 is 8.78 Å². The van der Waals surface area contributed by atoms with Crippen molar-refractivity contribution in [2.75, 3.05) is 26.2 Å². The second-order valence-electron chi connectivity index (χ2n) is 4.32. The fraction of sp³-hybridized carbons (Fsp3) is 1.00. The maximum atomic E-state index is 12.2. The molecule has 1 saturated heterocycles. The summed E-state index contributed by atoms with van der Waals surface area (Å²) in [7, 11) is 0. The minimum absolute atomic E-state index is 0.00535. The Morgan fingerprint density at radius 3 is 2.79 bits per heavy atom. The van der Waals surface area contributed by atoms with Crippen LogP contribution in [0, 0.1) is 0 Å². The molecule has 1 atom stereocenters. The molecule has 84 valence electrons. The highest BCUT2D eigenvalue weighted by Gasteiger charge is 2.27. The lowest BCUT2D eigenvalue weighted by Gasteiger charge is -2.32. The average Bonchev–Trinajstić information content (AvgIpc) is 2.27. The summed E-state index contributed by atoms with van der Waals surface area (Å²) in [6.45, 7) is 6.57. The highest BCUT2D eigenvalue weighted by molar-refractivity contribution is 4.87. The Morgan fingerprint density at radius 2 is 2.21 bits per heavy atom. The van der Waals surface area contributed by atoms with E-state index in [-0.39, 0.29) is 12.1 Å². The second kappa shape index (κ2) is 5.03. The van der Waals surface area contributed by atoms with Gasteiger partial charge in [0.15, 0.2) is 0 Å². The Balaban J connectivity index is 2.51. The van der Waals surface area contributed by atoms with Gasteiger partial charge < -0.3 is 5.32 Å². The van der Waals surface area contributed by atoms with Crippen molar-refractivity contribution in [3.8, 4) is 0 Å². The first-order chi connectivity index (χ1) is 6.56. The van der Waals surface area contributed by atoms with Crippen molar-refractivity contribution in [1.82, 2.24) is 10.2 Å². The minimum atomic E-state index is -2.21. The van der Waals surface area contributed by atoms with Gasteiger partial charge in [0.1, 0.15) is 0 Å². The van der Waals surface area contributed by atoms with Gasteiger partial charge in [0, 0.05) is 12.1 Å². The van der Waals surface area contributed by atoms with E-state index in [0.717, 1.165) is 32.5 Å². The number of hydrogen-bond acceptors (Lipinski definition) is 2. The molecule has 0 saturated carbocycles. The first kappa shape index (κ1) is 11.9. The lowest BCUT2D eigenvalue weighted by Crippen LogP contribution is -2.49. The monoisotopic (exact) mass is 206 g/mol. The van der Waals surface area contributed by atoms with E-state index in [2.05, 4.69) is 19.2 Å². The van der Waals surface area contributed by atoms with Crippen LogP contribution in [0.15, 0.2) is 0 Å². The molecule has 4 heteroatoms. The van der Waals surface area contributed by atoms with E-state index in [1.165, 1.54) is 0 Å². The molecular formula is C10H20F2N2. The smallest absolute Gasteiger partial charge is 0.251 e. The number of alkyl halides is 2. The Hall–Kier alpha value is -0.220. The molecule has 0 radical (unpaired) electrons. The third-order valence-electron chi connectivity index (χ3n) is 2.95. The van der Waals surface area contributed by atoms with Crippen LogP contribution in [0.5, 0.6) is 0 Å². The van der Waals surface area contributed by atoms with Crippen molar-refractivity contribution in [2.24, 2.45) is 0 Å². The van der Waals surface area contributed by atoms with Gasteiger partial charge in [-0.3, -0.25) is 4.90 Å². The Kier molecular flexibility index (Phi) is 4.26. The van der Waals surface area contributed by atoms with Gasteiger partial charge in [-0.1, -0.05) is 6.92 Å². The summed E-state index contributed by atoms with van der Waals surface area (Å²) < 4.78 is 24.5. The quantitative estimate of drug-likeness (QED) is 0.756. The highest BCUT2D eigenvalue weighted by Crippen LogP contribution is 2.15. The van der Waals surface area contributed by atoms with Crippen LogP contribution < -0.4 is 5.32 Å². The molecule has 2 nitrogen and oxygen atoms in total. The molecular weight excluding hydrogens is 186 g/mol. The van der Waals surface area contributed by atoms with Gasteiger partial charge >= 0.3 is 0 Å². The third-order valence-corrected chi connectivity index (χ3v) is 2.95. The molecule has 0 amide bonds. The van der Waals surface area contributed by atoms with Crippen molar-refractivity contribution >= 4 is 0 Å². The topological polar surface area (TPSA) is 15.3 Å². The maximum absolute atomic E-state index is 12.2. The average molecular weight is 206 g/mol. The zero-order valence-corrected chi connectivity index (χ0v) is 9.02. The molecule has 0 aromatic rings. The normalized spacial score (nSPS) is 30.6. The van der Waals surface area contributed by atoms with Gasteiger partial charge in [-0.2, -0.15) is 0 Å². The fourth-order valence-corrected chi connectivity index (χ4v) is 1.91. The zero-order chi connectivity index (χ0) is 10.6. The molecule has 0 spiro atoms. The molecule has 0 aliphatic carbocycles. The summed E-state index contributed by atoms with van der Waals surface area (Å²) in [5.74, 6) is 0. The van der Waals surface area contributed by atoms with Crippen LogP contribution in [-0.2, 0) is 0 Å². The summed E-state index contributed by atoms with van der Waals surface area (Å²) in [4.78, 5) is 1.87. The molecule has 0 aromatic heterocycles. The number of halogens is 2. The molecule has 0 bridgehead atoms. The molecule has 1 fully saturated rings. The molecule has 1 rings (SSSR count). The van der Waals surface area contributed by atoms with E-state index in [9.17, 15) is 8.78 Å². The van der Waals surface area contributed by atoms with Gasteiger partial charge in [-0.25, -0.2) is 8.78 Å².